The molecule has 5 heteroatoms. The van der Waals surface area contributed by atoms with Gasteiger partial charge in [-0.3, -0.25) is 4.79 Å². The topological polar surface area (TPSA) is 49.3 Å². The highest BCUT2D eigenvalue weighted by atomic mass is 35.5. The van der Waals surface area contributed by atoms with Crippen molar-refractivity contribution in [3.63, 3.8) is 0 Å². The van der Waals surface area contributed by atoms with Crippen molar-refractivity contribution in [1.29, 1.82) is 0 Å². The van der Waals surface area contributed by atoms with Crippen molar-refractivity contribution >= 4 is 28.8 Å². The summed E-state index contributed by atoms with van der Waals surface area (Å²) in [4.78, 5) is 13.0. The van der Waals surface area contributed by atoms with E-state index in [0.717, 1.165) is 17.7 Å². The Morgan fingerprint density at radius 3 is 2.79 bits per heavy atom. The molecule has 2 rings (SSSR count). The molecule has 1 heterocycles. The highest BCUT2D eigenvalue weighted by Gasteiger charge is 2.24. The fourth-order valence-electron chi connectivity index (χ4n) is 2.56. The van der Waals surface area contributed by atoms with E-state index < -0.39 is 6.10 Å². The Kier molecular flexibility index (Phi) is 5.25. The van der Waals surface area contributed by atoms with Crippen LogP contribution in [0.3, 0.4) is 0 Å². The van der Waals surface area contributed by atoms with Crippen LogP contribution in [0, 0.1) is 5.92 Å². The van der Waals surface area contributed by atoms with Gasteiger partial charge in [-0.05, 0) is 37.8 Å². The van der Waals surface area contributed by atoms with Crippen LogP contribution in [0.25, 0.3) is 0 Å². The van der Waals surface area contributed by atoms with Crippen molar-refractivity contribution in [2.75, 3.05) is 6.54 Å². The number of halogens is 1. The molecule has 0 aromatic carbocycles. The summed E-state index contributed by atoms with van der Waals surface area (Å²) in [5, 5.41) is 12.9. The molecule has 2 N–H and O–H groups in total. The summed E-state index contributed by atoms with van der Waals surface area (Å²) >= 11 is 7.30. The van der Waals surface area contributed by atoms with Gasteiger partial charge in [-0.25, -0.2) is 0 Å². The summed E-state index contributed by atoms with van der Waals surface area (Å²) in [5.41, 5.74) is 0. The van der Waals surface area contributed by atoms with Gasteiger partial charge >= 0.3 is 0 Å². The smallest absolute Gasteiger partial charge is 0.228 e. The standard InChI is InChI=1S/C14H20ClNO2S/c1-9(12-6-7-13(15)19-12)14(18)16-8-11(17)10-4-2-3-5-10/h6-7,9-11,17H,2-5,8H2,1H3,(H,16,18). The van der Waals surface area contributed by atoms with Crippen LogP contribution in [0.15, 0.2) is 12.1 Å². The molecule has 1 aliphatic rings. The van der Waals surface area contributed by atoms with Gasteiger partial charge in [-0.2, -0.15) is 0 Å². The minimum absolute atomic E-state index is 0.0458. The number of hydrogen-bond acceptors (Lipinski definition) is 3. The zero-order valence-corrected chi connectivity index (χ0v) is 12.6. The number of rotatable bonds is 5. The molecule has 0 bridgehead atoms. The monoisotopic (exact) mass is 301 g/mol. The number of amides is 1. The summed E-state index contributed by atoms with van der Waals surface area (Å²) in [6.07, 6.45) is 4.13. The van der Waals surface area contributed by atoms with E-state index >= 15 is 0 Å². The van der Waals surface area contributed by atoms with E-state index in [-0.39, 0.29) is 11.8 Å². The van der Waals surface area contributed by atoms with Gasteiger partial charge < -0.3 is 10.4 Å². The van der Waals surface area contributed by atoms with E-state index in [2.05, 4.69) is 5.32 Å². The number of aliphatic hydroxyl groups excluding tert-OH is 1. The van der Waals surface area contributed by atoms with Crippen molar-refractivity contribution in [2.24, 2.45) is 5.92 Å². The summed E-state index contributed by atoms with van der Waals surface area (Å²) in [6.45, 7) is 2.21. The van der Waals surface area contributed by atoms with Gasteiger partial charge in [-0.1, -0.05) is 24.4 Å². The van der Waals surface area contributed by atoms with Gasteiger partial charge in [0.05, 0.1) is 16.4 Å². The highest BCUT2D eigenvalue weighted by Crippen LogP contribution is 2.29. The van der Waals surface area contributed by atoms with E-state index in [0.29, 0.717) is 16.8 Å². The maximum Gasteiger partial charge on any atom is 0.228 e. The van der Waals surface area contributed by atoms with Crippen molar-refractivity contribution in [3.05, 3.63) is 21.3 Å². The Labute approximate surface area is 123 Å². The van der Waals surface area contributed by atoms with Gasteiger partial charge in [-0.15, -0.1) is 11.3 Å². The Balaban J connectivity index is 1.80. The molecule has 1 aliphatic carbocycles. The van der Waals surface area contributed by atoms with Crippen molar-refractivity contribution in [1.82, 2.24) is 5.32 Å². The molecule has 0 spiro atoms. The third-order valence-corrected chi connectivity index (χ3v) is 5.26. The molecule has 1 aromatic heterocycles. The first kappa shape index (κ1) is 14.8. The number of hydrogen-bond donors (Lipinski definition) is 2. The fraction of sp³-hybridized carbons (Fsp3) is 0.643. The molecule has 0 radical (unpaired) electrons. The van der Waals surface area contributed by atoms with Gasteiger partial charge in [0.15, 0.2) is 0 Å². The summed E-state index contributed by atoms with van der Waals surface area (Å²) in [5.74, 6) is 0.0932. The van der Waals surface area contributed by atoms with Crippen LogP contribution >= 0.6 is 22.9 Å². The minimum Gasteiger partial charge on any atom is -0.391 e. The first-order chi connectivity index (χ1) is 9.08. The maximum atomic E-state index is 12.0. The highest BCUT2D eigenvalue weighted by molar-refractivity contribution is 7.16. The number of thiophene rings is 1. The average molecular weight is 302 g/mol. The summed E-state index contributed by atoms with van der Waals surface area (Å²) in [6, 6.07) is 3.68. The largest absolute Gasteiger partial charge is 0.391 e. The SMILES string of the molecule is CC(C(=O)NCC(O)C1CCCC1)c1ccc(Cl)s1. The normalized spacial score (nSPS) is 19.3. The number of carbonyl (C=O) groups excluding carboxylic acids is 1. The quantitative estimate of drug-likeness (QED) is 0.877. The van der Waals surface area contributed by atoms with Crippen LogP contribution in [0.4, 0.5) is 0 Å². The average Bonchev–Trinajstić information content (AvgIpc) is 3.05. The number of nitrogens with one attached hydrogen (secondary N) is 1. The Hall–Kier alpha value is -0.580. The van der Waals surface area contributed by atoms with E-state index in [1.54, 1.807) is 6.07 Å². The second-order valence-electron chi connectivity index (χ2n) is 5.22. The zero-order valence-electron chi connectivity index (χ0n) is 11.1. The molecule has 1 aromatic rings. The molecule has 2 unspecified atom stereocenters. The number of carbonyl (C=O) groups is 1. The summed E-state index contributed by atoms with van der Waals surface area (Å²) < 4.78 is 0.695. The lowest BCUT2D eigenvalue weighted by molar-refractivity contribution is -0.122. The van der Waals surface area contributed by atoms with Crippen LogP contribution in [0.5, 0.6) is 0 Å². The molecular weight excluding hydrogens is 282 g/mol. The van der Waals surface area contributed by atoms with Crippen LogP contribution < -0.4 is 5.32 Å². The van der Waals surface area contributed by atoms with Crippen molar-refractivity contribution in [3.8, 4) is 0 Å². The molecule has 106 valence electrons. The molecule has 1 saturated carbocycles. The van der Waals surface area contributed by atoms with Crippen LogP contribution in [-0.2, 0) is 4.79 Å². The lowest BCUT2D eigenvalue weighted by Crippen LogP contribution is -2.37. The van der Waals surface area contributed by atoms with E-state index in [9.17, 15) is 9.90 Å². The van der Waals surface area contributed by atoms with Gasteiger partial charge in [0, 0.05) is 11.4 Å². The Morgan fingerprint density at radius 1 is 1.53 bits per heavy atom. The first-order valence-electron chi connectivity index (χ1n) is 6.79. The second kappa shape index (κ2) is 6.73. The Morgan fingerprint density at radius 2 is 2.21 bits per heavy atom. The maximum absolute atomic E-state index is 12.0. The molecule has 2 atom stereocenters. The lowest BCUT2D eigenvalue weighted by atomic mass is 10.0. The predicted molar refractivity (Wildman–Crippen MR) is 78.7 cm³/mol. The lowest BCUT2D eigenvalue weighted by Gasteiger charge is -2.19. The van der Waals surface area contributed by atoms with Gasteiger partial charge in [0.25, 0.3) is 0 Å². The summed E-state index contributed by atoms with van der Waals surface area (Å²) in [7, 11) is 0. The Bertz CT molecular complexity index is 429. The predicted octanol–water partition coefficient (Wildman–Crippen LogP) is 3.17. The fourth-order valence-corrected chi connectivity index (χ4v) is 3.67. The molecule has 0 aliphatic heterocycles. The van der Waals surface area contributed by atoms with Crippen molar-refractivity contribution < 1.29 is 9.90 Å². The van der Waals surface area contributed by atoms with Crippen LogP contribution in [0.1, 0.15) is 43.4 Å². The van der Waals surface area contributed by atoms with E-state index in [1.807, 2.05) is 13.0 Å². The van der Waals surface area contributed by atoms with Crippen LogP contribution in [-0.4, -0.2) is 23.7 Å². The van der Waals surface area contributed by atoms with Crippen molar-refractivity contribution in [2.45, 2.75) is 44.6 Å². The second-order valence-corrected chi connectivity index (χ2v) is 6.97. The molecule has 1 amide bonds. The van der Waals surface area contributed by atoms with E-state index in [1.165, 1.54) is 24.2 Å². The van der Waals surface area contributed by atoms with Crippen LogP contribution in [0.2, 0.25) is 4.34 Å². The molecular formula is C14H20ClNO2S. The van der Waals surface area contributed by atoms with E-state index in [4.69, 9.17) is 11.6 Å². The van der Waals surface area contributed by atoms with Gasteiger partial charge in [0.1, 0.15) is 0 Å². The third-order valence-electron chi connectivity index (χ3n) is 3.84. The minimum atomic E-state index is -0.412. The third kappa shape index (κ3) is 3.94. The molecule has 0 saturated heterocycles. The molecule has 19 heavy (non-hydrogen) atoms. The zero-order chi connectivity index (χ0) is 13.8. The number of aliphatic hydroxyl groups is 1. The first-order valence-corrected chi connectivity index (χ1v) is 7.98. The molecule has 3 nitrogen and oxygen atoms in total. The van der Waals surface area contributed by atoms with Gasteiger partial charge in [0.2, 0.25) is 5.91 Å². The molecule has 1 fully saturated rings.